The maximum Gasteiger partial charge on any atom is 0.303 e. The first-order chi connectivity index (χ1) is 20.1. The van der Waals surface area contributed by atoms with E-state index < -0.39 is 5.97 Å². The third-order valence-electron chi connectivity index (χ3n) is 10.4. The number of carboxylic acid groups (broad SMARTS) is 1. The van der Waals surface area contributed by atoms with Crippen LogP contribution in [0.1, 0.15) is 141 Å². The Hall–Kier alpha value is -3.08. The fourth-order valence-electron chi connectivity index (χ4n) is 8.36. The molecule has 0 amide bonds. The van der Waals surface area contributed by atoms with Gasteiger partial charge in [0.05, 0.1) is 16.7 Å². The molecule has 2 aliphatic heterocycles. The third kappa shape index (κ3) is 5.31. The molecule has 2 aromatic rings. The number of benzene rings is 2. The van der Waals surface area contributed by atoms with Gasteiger partial charge in [-0.15, -0.1) is 0 Å². The average molecular weight is 585 g/mol. The summed E-state index contributed by atoms with van der Waals surface area (Å²) in [6.45, 7) is 25.9. The van der Waals surface area contributed by atoms with Crippen molar-refractivity contribution < 1.29 is 14.9 Å². The second-order valence-corrected chi connectivity index (χ2v) is 14.9. The third-order valence-corrected chi connectivity index (χ3v) is 10.4. The lowest BCUT2D eigenvalue weighted by atomic mass is 9.65. The highest BCUT2D eigenvalue weighted by atomic mass is 16.4. The smallest absolute Gasteiger partial charge is 0.303 e. The molecule has 1 unspecified atom stereocenters. The van der Waals surface area contributed by atoms with Gasteiger partial charge in [0, 0.05) is 53.8 Å². The van der Waals surface area contributed by atoms with Crippen LogP contribution in [0.2, 0.25) is 0 Å². The van der Waals surface area contributed by atoms with Crippen LogP contribution in [0.5, 0.6) is 0 Å². The minimum Gasteiger partial charge on any atom is -0.481 e. The number of rotatable bonds is 8. The van der Waals surface area contributed by atoms with Gasteiger partial charge < -0.3 is 14.9 Å². The molecular formula is C38H54N3O2+. The number of hydrogen-bond donors (Lipinski definition) is 2. The van der Waals surface area contributed by atoms with Gasteiger partial charge in [0.2, 0.25) is 5.71 Å². The van der Waals surface area contributed by atoms with Crippen molar-refractivity contribution in [2.24, 2.45) is 0 Å². The lowest BCUT2D eigenvalue weighted by molar-refractivity contribution is -0.456. The largest absolute Gasteiger partial charge is 0.481 e. The first-order valence-corrected chi connectivity index (χ1v) is 16.6. The zero-order valence-electron chi connectivity index (χ0n) is 28.4. The molecule has 2 heterocycles. The van der Waals surface area contributed by atoms with Gasteiger partial charge in [-0.2, -0.15) is 0 Å². The van der Waals surface area contributed by atoms with Gasteiger partial charge in [0.1, 0.15) is 6.54 Å². The van der Waals surface area contributed by atoms with Crippen LogP contribution in [0.4, 0.5) is 11.4 Å². The van der Waals surface area contributed by atoms with E-state index in [4.69, 9.17) is 0 Å². The van der Waals surface area contributed by atoms with Gasteiger partial charge in [-0.05, 0) is 107 Å². The van der Waals surface area contributed by atoms with Gasteiger partial charge in [0.25, 0.3) is 0 Å². The lowest BCUT2D eigenvalue weighted by Gasteiger charge is -2.49. The number of likely N-dealkylation sites (N-methyl/N-ethyl adjacent to an activating group) is 1. The fraction of sp³-hybridized carbons (Fsp3) is 0.579. The van der Waals surface area contributed by atoms with Crippen molar-refractivity contribution in [3.05, 3.63) is 63.7 Å². The minimum absolute atomic E-state index is 0.0417. The van der Waals surface area contributed by atoms with E-state index in [0.29, 0.717) is 12.3 Å². The topological polar surface area (TPSA) is 57.8 Å². The number of aliphatic carboxylic acids is 1. The Morgan fingerprint density at radius 2 is 1.58 bits per heavy atom. The van der Waals surface area contributed by atoms with Gasteiger partial charge in [-0.3, -0.25) is 4.79 Å². The van der Waals surface area contributed by atoms with E-state index in [1.54, 1.807) is 0 Å². The summed E-state index contributed by atoms with van der Waals surface area (Å²) in [5, 5.41) is 9.38. The highest BCUT2D eigenvalue weighted by molar-refractivity contribution is 6.14. The zero-order chi connectivity index (χ0) is 31.5. The van der Waals surface area contributed by atoms with E-state index in [2.05, 4.69) is 114 Å². The normalized spacial score (nSPS) is 22.0. The molecule has 0 fully saturated rings. The molecule has 0 bridgehead atoms. The van der Waals surface area contributed by atoms with Crippen LogP contribution >= 0.6 is 0 Å². The van der Waals surface area contributed by atoms with E-state index in [1.807, 2.05) is 0 Å². The molecule has 1 atom stereocenters. The molecular weight excluding hydrogens is 530 g/mol. The quantitative estimate of drug-likeness (QED) is 0.327. The van der Waals surface area contributed by atoms with E-state index in [-0.39, 0.29) is 22.9 Å². The van der Waals surface area contributed by atoms with Crippen LogP contribution < -0.4 is 14.8 Å². The molecule has 5 heteroatoms. The van der Waals surface area contributed by atoms with Gasteiger partial charge >= 0.3 is 5.97 Å². The van der Waals surface area contributed by atoms with Crippen molar-refractivity contribution in [1.29, 1.82) is 0 Å². The summed E-state index contributed by atoms with van der Waals surface area (Å²) < 4.78 is 0. The molecule has 2 aromatic carbocycles. The molecule has 1 aliphatic carbocycles. The molecule has 5 rings (SSSR count). The van der Waals surface area contributed by atoms with Crippen molar-refractivity contribution in [2.75, 3.05) is 29.4 Å². The Morgan fingerprint density at radius 3 is 2.21 bits per heavy atom. The Kier molecular flexibility index (Phi) is 8.11. The van der Waals surface area contributed by atoms with E-state index >= 15 is 0 Å². The number of hydrogen-bond acceptors (Lipinski definition) is 3. The van der Waals surface area contributed by atoms with Crippen LogP contribution in [0.25, 0.3) is 5.57 Å². The number of carboxylic acids is 1. The summed E-state index contributed by atoms with van der Waals surface area (Å²) in [6, 6.07) is 9.92. The highest BCUT2D eigenvalue weighted by Gasteiger charge is 2.44. The molecule has 3 aliphatic rings. The van der Waals surface area contributed by atoms with Crippen LogP contribution in [0.15, 0.2) is 30.3 Å². The maximum atomic E-state index is 11.4. The Morgan fingerprint density at radius 1 is 0.930 bits per heavy atom. The predicted molar refractivity (Wildman–Crippen MR) is 181 cm³/mol. The van der Waals surface area contributed by atoms with E-state index in [9.17, 15) is 9.90 Å². The number of fused-ring (bicyclic) bond motifs is 4. The summed E-state index contributed by atoms with van der Waals surface area (Å²) in [5.74, 6) is -0.303. The highest BCUT2D eigenvalue weighted by Crippen LogP contribution is 2.51. The van der Waals surface area contributed by atoms with Gasteiger partial charge in [0.15, 0.2) is 0 Å². The first kappa shape index (κ1) is 31.3. The summed E-state index contributed by atoms with van der Waals surface area (Å²) in [7, 11) is 0. The van der Waals surface area contributed by atoms with Crippen molar-refractivity contribution in [3.63, 3.8) is 0 Å². The number of allylic oxidation sites excluding steroid dienone is 1. The Balaban J connectivity index is 1.75. The number of unbranched alkanes of at least 4 members (excludes halogenated alkanes) is 1. The number of carbonyl (C=O) groups is 1. The maximum absolute atomic E-state index is 11.4. The van der Waals surface area contributed by atoms with Crippen molar-refractivity contribution in [2.45, 2.75) is 124 Å². The molecule has 43 heavy (non-hydrogen) atoms. The second kappa shape index (κ2) is 11.1. The molecule has 5 nitrogen and oxygen atoms in total. The fourth-order valence-corrected chi connectivity index (χ4v) is 8.36. The standard InChI is InChI=1S/C38H53N3O2/c1-11-13-16-39-35-28-18-26-24(3)22-36(5,6)40(12-2)32(26)20-30(28)38(9,10)31-21-33-27(19-29(31)35)25(4)23-37(7,8)41(33)17-14-15-34(42)43/h18-22,25H,11-17,23H2,1-10H3,(H,42,43)/p+1. The molecule has 0 saturated carbocycles. The zero-order valence-corrected chi connectivity index (χ0v) is 28.4. The Bertz CT molecular complexity index is 1490. The summed E-state index contributed by atoms with van der Waals surface area (Å²) >= 11 is 0. The Labute approximate surface area is 260 Å². The first-order valence-electron chi connectivity index (χ1n) is 16.6. The monoisotopic (exact) mass is 584 g/mol. The van der Waals surface area contributed by atoms with Crippen LogP contribution in [0.3, 0.4) is 0 Å². The summed E-state index contributed by atoms with van der Waals surface area (Å²) in [6.07, 6.45) is 6.60. The van der Waals surface area contributed by atoms with Crippen molar-refractivity contribution in [1.82, 2.24) is 0 Å². The molecule has 2 N–H and O–H groups in total. The molecule has 0 aromatic heterocycles. The number of anilines is 2. The van der Waals surface area contributed by atoms with E-state index in [0.717, 1.165) is 38.9 Å². The number of nitrogens with zero attached hydrogens (tertiary/aromatic N) is 2. The lowest BCUT2D eigenvalue weighted by Crippen LogP contribution is -2.74. The van der Waals surface area contributed by atoms with Crippen molar-refractivity contribution in [3.8, 4) is 0 Å². The van der Waals surface area contributed by atoms with Crippen molar-refractivity contribution >= 4 is 28.6 Å². The van der Waals surface area contributed by atoms with Crippen LogP contribution in [-0.2, 0) is 10.2 Å². The summed E-state index contributed by atoms with van der Waals surface area (Å²) in [5.41, 5.74) is 13.1. The van der Waals surface area contributed by atoms with Gasteiger partial charge in [-0.1, -0.05) is 40.2 Å². The predicted octanol–water partition coefficient (Wildman–Crippen LogP) is 7.02. The molecule has 0 spiro atoms. The molecule has 232 valence electrons. The SMILES string of the molecule is CCCC[NH+]=C1c2cc3c(cc2C(C)(C)c2cc4c(cc21)C(C)CC(C)(C)N4CCCC(=O)O)N(CC)C(C)(C)C=C3C. The second-order valence-electron chi connectivity index (χ2n) is 14.9. The van der Waals surface area contributed by atoms with Crippen LogP contribution in [-0.4, -0.2) is 47.5 Å². The van der Waals surface area contributed by atoms with E-state index in [1.165, 1.54) is 56.0 Å². The average Bonchev–Trinajstić information content (AvgIpc) is 2.90. The summed E-state index contributed by atoms with van der Waals surface area (Å²) in [4.78, 5) is 20.4. The van der Waals surface area contributed by atoms with Crippen LogP contribution in [0, 0.1) is 0 Å². The number of nitrogens with one attached hydrogen (secondary N) is 1. The molecule has 0 radical (unpaired) electrons. The minimum atomic E-state index is -0.721. The molecule has 0 saturated heterocycles. The van der Waals surface area contributed by atoms with Gasteiger partial charge in [-0.25, -0.2) is 4.99 Å².